The number of carbonyl (C=O) groups is 1. The van der Waals surface area contributed by atoms with E-state index in [1.165, 1.54) is 24.2 Å². The fourth-order valence-electron chi connectivity index (χ4n) is 2.04. The Morgan fingerprint density at radius 2 is 1.96 bits per heavy atom. The van der Waals surface area contributed by atoms with Gasteiger partial charge in [-0.2, -0.15) is 0 Å². The predicted molar refractivity (Wildman–Crippen MR) is 78.9 cm³/mol. The van der Waals surface area contributed by atoms with E-state index in [-0.39, 0.29) is 6.54 Å². The van der Waals surface area contributed by atoms with E-state index in [0.29, 0.717) is 5.56 Å². The molecule has 122 valence electrons. The number of hydrogen-bond acceptors (Lipinski definition) is 3. The van der Waals surface area contributed by atoms with Gasteiger partial charge in [-0.1, -0.05) is 6.07 Å². The molecule has 1 amide bonds. The van der Waals surface area contributed by atoms with E-state index in [1.807, 2.05) is 4.98 Å². The molecule has 1 heterocycles. The van der Waals surface area contributed by atoms with Crippen molar-refractivity contribution in [1.29, 1.82) is 0 Å². The third kappa shape index (κ3) is 3.71. The number of rotatable bonds is 4. The molecule has 1 aromatic carbocycles. The summed E-state index contributed by atoms with van der Waals surface area (Å²) in [5.74, 6) is -2.38. The van der Waals surface area contributed by atoms with E-state index in [1.54, 1.807) is 6.92 Å². The third-order valence-electron chi connectivity index (χ3n) is 3.60. The molecular formula is C15H15F2N3O3. The molecule has 1 atom stereocenters. The number of H-pyrrole nitrogens is 1. The molecule has 0 saturated carbocycles. The number of hydrogen-bond donors (Lipinski definition) is 1. The van der Waals surface area contributed by atoms with Crippen LogP contribution in [0.4, 0.5) is 8.78 Å². The summed E-state index contributed by atoms with van der Waals surface area (Å²) >= 11 is 0. The molecule has 0 fully saturated rings. The molecule has 1 unspecified atom stereocenters. The van der Waals surface area contributed by atoms with Crippen molar-refractivity contribution >= 4 is 5.91 Å². The Hall–Kier alpha value is -2.77. The number of aromatic amines is 1. The van der Waals surface area contributed by atoms with Gasteiger partial charge >= 0.3 is 5.69 Å². The Kier molecular flexibility index (Phi) is 4.73. The van der Waals surface area contributed by atoms with E-state index in [2.05, 4.69) is 0 Å². The van der Waals surface area contributed by atoms with Gasteiger partial charge in [0, 0.05) is 19.3 Å². The average Bonchev–Trinajstić information content (AvgIpc) is 2.51. The summed E-state index contributed by atoms with van der Waals surface area (Å²) in [4.78, 5) is 38.1. The molecule has 0 radical (unpaired) electrons. The van der Waals surface area contributed by atoms with Crippen LogP contribution in [-0.2, 0) is 11.3 Å². The number of likely N-dealkylation sites (N-methyl/N-ethyl adjacent to an activating group) is 1. The van der Waals surface area contributed by atoms with Crippen LogP contribution < -0.4 is 11.2 Å². The molecule has 0 saturated heterocycles. The zero-order valence-electron chi connectivity index (χ0n) is 12.5. The minimum atomic E-state index is -0.993. The summed E-state index contributed by atoms with van der Waals surface area (Å²) < 4.78 is 27.3. The van der Waals surface area contributed by atoms with Crippen LogP contribution in [0.25, 0.3) is 0 Å². The third-order valence-corrected chi connectivity index (χ3v) is 3.60. The standard InChI is InChI=1S/C15H15F2N3O3/c1-9(10-3-4-11(16)12(17)7-10)19(2)14(22)8-20-6-5-13(21)18-15(20)23/h3-7,9H,8H2,1-2H3,(H,18,21,23). The predicted octanol–water partition coefficient (Wildman–Crippen LogP) is 1.03. The van der Waals surface area contributed by atoms with Crippen LogP contribution in [-0.4, -0.2) is 27.4 Å². The smallest absolute Gasteiger partial charge is 0.328 e. The van der Waals surface area contributed by atoms with E-state index in [4.69, 9.17) is 0 Å². The number of halogens is 2. The minimum absolute atomic E-state index is 0.278. The van der Waals surface area contributed by atoms with Crippen molar-refractivity contribution in [2.75, 3.05) is 7.05 Å². The number of carbonyl (C=O) groups excluding carboxylic acids is 1. The summed E-state index contributed by atoms with van der Waals surface area (Å²) in [5.41, 5.74) is -0.824. The molecule has 0 aliphatic heterocycles. The highest BCUT2D eigenvalue weighted by Crippen LogP contribution is 2.21. The molecule has 0 bridgehead atoms. The largest absolute Gasteiger partial charge is 0.337 e. The summed E-state index contributed by atoms with van der Waals surface area (Å²) in [6, 6.07) is 4.02. The van der Waals surface area contributed by atoms with Crippen molar-refractivity contribution in [2.24, 2.45) is 0 Å². The lowest BCUT2D eigenvalue weighted by Crippen LogP contribution is -2.37. The van der Waals surface area contributed by atoms with Crippen LogP contribution in [0.5, 0.6) is 0 Å². The quantitative estimate of drug-likeness (QED) is 0.913. The summed E-state index contributed by atoms with van der Waals surface area (Å²) in [6.45, 7) is 1.38. The van der Waals surface area contributed by atoms with Gasteiger partial charge in [0.2, 0.25) is 5.91 Å². The second-order valence-corrected chi connectivity index (χ2v) is 5.09. The van der Waals surface area contributed by atoms with Crippen molar-refractivity contribution in [2.45, 2.75) is 19.5 Å². The first kappa shape index (κ1) is 16.6. The van der Waals surface area contributed by atoms with E-state index in [9.17, 15) is 23.2 Å². The first-order chi connectivity index (χ1) is 10.8. The molecule has 8 heteroatoms. The SMILES string of the molecule is CC(c1ccc(F)c(F)c1)N(C)C(=O)Cn1ccc(=O)[nH]c1=O. The first-order valence-corrected chi connectivity index (χ1v) is 6.80. The molecule has 2 rings (SSSR count). The van der Waals surface area contributed by atoms with Gasteiger partial charge in [0.1, 0.15) is 6.54 Å². The minimum Gasteiger partial charge on any atom is -0.337 e. The Morgan fingerprint density at radius 1 is 1.26 bits per heavy atom. The monoisotopic (exact) mass is 323 g/mol. The topological polar surface area (TPSA) is 75.2 Å². The van der Waals surface area contributed by atoms with Crippen molar-refractivity contribution in [3.63, 3.8) is 0 Å². The average molecular weight is 323 g/mol. The van der Waals surface area contributed by atoms with Crippen LogP contribution in [0.1, 0.15) is 18.5 Å². The molecule has 23 heavy (non-hydrogen) atoms. The van der Waals surface area contributed by atoms with Crippen LogP contribution in [0.2, 0.25) is 0 Å². The van der Waals surface area contributed by atoms with Gasteiger partial charge < -0.3 is 4.90 Å². The maximum atomic E-state index is 13.3. The zero-order chi connectivity index (χ0) is 17.1. The fraction of sp³-hybridized carbons (Fsp3) is 0.267. The molecule has 6 nitrogen and oxygen atoms in total. The van der Waals surface area contributed by atoms with Gasteiger partial charge in [0.25, 0.3) is 5.56 Å². The molecule has 0 aliphatic carbocycles. The van der Waals surface area contributed by atoms with Crippen LogP contribution in [0.15, 0.2) is 40.1 Å². The Bertz CT molecular complexity index is 844. The first-order valence-electron chi connectivity index (χ1n) is 6.80. The van der Waals surface area contributed by atoms with Crippen molar-refractivity contribution < 1.29 is 13.6 Å². The normalized spacial score (nSPS) is 12.0. The Balaban J connectivity index is 2.16. The lowest BCUT2D eigenvalue weighted by molar-refractivity contribution is -0.132. The summed E-state index contributed by atoms with van der Waals surface area (Å²) in [5, 5.41) is 0. The fourth-order valence-corrected chi connectivity index (χ4v) is 2.04. The zero-order valence-corrected chi connectivity index (χ0v) is 12.5. The number of nitrogens with one attached hydrogen (secondary N) is 1. The molecule has 2 aromatic rings. The number of amides is 1. The van der Waals surface area contributed by atoms with Gasteiger partial charge in [-0.05, 0) is 24.6 Å². The highest BCUT2D eigenvalue weighted by Gasteiger charge is 2.19. The van der Waals surface area contributed by atoms with Gasteiger partial charge in [-0.25, -0.2) is 13.6 Å². The summed E-state index contributed by atoms with van der Waals surface area (Å²) in [7, 11) is 1.49. The molecule has 0 spiro atoms. The number of benzene rings is 1. The Labute approximate surface area is 130 Å². The molecule has 0 aliphatic rings. The summed E-state index contributed by atoms with van der Waals surface area (Å²) in [6.07, 6.45) is 1.22. The highest BCUT2D eigenvalue weighted by atomic mass is 19.2. The molecule has 1 aromatic heterocycles. The lowest BCUT2D eigenvalue weighted by atomic mass is 10.1. The van der Waals surface area contributed by atoms with Gasteiger partial charge in [-0.15, -0.1) is 0 Å². The van der Waals surface area contributed by atoms with Gasteiger partial charge in [-0.3, -0.25) is 19.1 Å². The lowest BCUT2D eigenvalue weighted by Gasteiger charge is -2.25. The van der Waals surface area contributed by atoms with Crippen molar-refractivity contribution in [1.82, 2.24) is 14.5 Å². The van der Waals surface area contributed by atoms with Crippen LogP contribution in [0, 0.1) is 11.6 Å². The van der Waals surface area contributed by atoms with E-state index in [0.717, 1.165) is 22.8 Å². The van der Waals surface area contributed by atoms with Crippen molar-refractivity contribution in [3.05, 3.63) is 68.5 Å². The van der Waals surface area contributed by atoms with E-state index < -0.39 is 34.8 Å². The maximum absolute atomic E-state index is 13.3. The maximum Gasteiger partial charge on any atom is 0.328 e. The molecular weight excluding hydrogens is 308 g/mol. The number of aromatic nitrogens is 2. The van der Waals surface area contributed by atoms with Gasteiger partial charge in [0.05, 0.1) is 6.04 Å². The van der Waals surface area contributed by atoms with Crippen molar-refractivity contribution in [3.8, 4) is 0 Å². The number of nitrogens with zero attached hydrogens (tertiary/aromatic N) is 2. The van der Waals surface area contributed by atoms with Crippen LogP contribution >= 0.6 is 0 Å². The Morgan fingerprint density at radius 3 is 2.57 bits per heavy atom. The van der Waals surface area contributed by atoms with Gasteiger partial charge in [0.15, 0.2) is 11.6 Å². The molecule has 1 N–H and O–H groups in total. The second kappa shape index (κ2) is 6.55. The second-order valence-electron chi connectivity index (χ2n) is 5.09. The van der Waals surface area contributed by atoms with Crippen LogP contribution in [0.3, 0.4) is 0 Å². The van der Waals surface area contributed by atoms with E-state index >= 15 is 0 Å². The highest BCUT2D eigenvalue weighted by molar-refractivity contribution is 5.76.